The van der Waals surface area contributed by atoms with Gasteiger partial charge in [0.05, 0.1) is 5.69 Å². The van der Waals surface area contributed by atoms with Gasteiger partial charge in [0.25, 0.3) is 0 Å². The quantitative estimate of drug-likeness (QED) is 0.660. The van der Waals surface area contributed by atoms with E-state index in [0.717, 1.165) is 12.2 Å². The molecule has 0 radical (unpaired) electrons. The molecule has 0 saturated carbocycles. The highest BCUT2D eigenvalue weighted by Gasteiger charge is 2.00. The van der Waals surface area contributed by atoms with Gasteiger partial charge >= 0.3 is 0 Å². The Labute approximate surface area is 71.4 Å². The van der Waals surface area contributed by atoms with Crippen molar-refractivity contribution in [2.24, 2.45) is 0 Å². The van der Waals surface area contributed by atoms with Gasteiger partial charge in [-0.25, -0.2) is 0 Å². The Morgan fingerprint density at radius 2 is 2.00 bits per heavy atom. The average molecular weight is 171 g/mol. The van der Waals surface area contributed by atoms with Crippen molar-refractivity contribution in [2.45, 2.75) is 13.5 Å². The summed E-state index contributed by atoms with van der Waals surface area (Å²) in [6.07, 6.45) is 0. The Morgan fingerprint density at radius 1 is 1.36 bits per heavy atom. The van der Waals surface area contributed by atoms with Gasteiger partial charge in [-0.05, 0) is 33.2 Å². The van der Waals surface area contributed by atoms with E-state index in [4.69, 9.17) is 12.2 Å². The van der Waals surface area contributed by atoms with Gasteiger partial charge in [-0.1, -0.05) is 0 Å². The van der Waals surface area contributed by atoms with E-state index in [1.54, 1.807) is 0 Å². The van der Waals surface area contributed by atoms with Crippen LogP contribution in [0.1, 0.15) is 11.4 Å². The Hall–Kier alpha value is -0.610. The van der Waals surface area contributed by atoms with Crippen molar-refractivity contribution >= 4 is 12.2 Å². The second kappa shape index (κ2) is 3.19. The van der Waals surface area contributed by atoms with Crippen LogP contribution in [0.2, 0.25) is 0 Å². The Balaban J connectivity index is 2.86. The van der Waals surface area contributed by atoms with E-state index in [9.17, 15) is 0 Å². The van der Waals surface area contributed by atoms with Crippen molar-refractivity contribution < 1.29 is 0 Å². The SMILES string of the molecule is Cc1[nH]c(=S)[nH]c1CN(C)C. The molecule has 0 atom stereocenters. The van der Waals surface area contributed by atoms with Crippen LogP contribution in [0.25, 0.3) is 0 Å². The lowest BCUT2D eigenvalue weighted by molar-refractivity contribution is 0.396. The van der Waals surface area contributed by atoms with Crippen LogP contribution in [-0.2, 0) is 6.54 Å². The van der Waals surface area contributed by atoms with Crippen LogP contribution in [-0.4, -0.2) is 29.0 Å². The van der Waals surface area contributed by atoms with Gasteiger partial charge in [-0.15, -0.1) is 0 Å². The third-order valence-electron chi connectivity index (χ3n) is 1.49. The van der Waals surface area contributed by atoms with Gasteiger partial charge in [0.1, 0.15) is 0 Å². The summed E-state index contributed by atoms with van der Waals surface area (Å²) in [5, 5.41) is 0. The van der Waals surface area contributed by atoms with Crippen molar-refractivity contribution in [3.05, 3.63) is 16.2 Å². The first-order valence-corrected chi connectivity index (χ1v) is 3.93. The molecule has 0 spiro atoms. The van der Waals surface area contributed by atoms with Gasteiger partial charge < -0.3 is 14.9 Å². The van der Waals surface area contributed by atoms with E-state index in [0.29, 0.717) is 4.77 Å². The zero-order chi connectivity index (χ0) is 8.43. The molecule has 1 aromatic heterocycles. The molecule has 62 valence electrons. The molecule has 0 amide bonds. The zero-order valence-electron chi connectivity index (χ0n) is 7.06. The van der Waals surface area contributed by atoms with Crippen molar-refractivity contribution in [3.8, 4) is 0 Å². The Bertz CT molecular complexity index is 284. The predicted molar refractivity (Wildman–Crippen MR) is 48.1 cm³/mol. The number of hydrogen-bond acceptors (Lipinski definition) is 2. The zero-order valence-corrected chi connectivity index (χ0v) is 7.88. The highest BCUT2D eigenvalue weighted by molar-refractivity contribution is 7.71. The standard InChI is InChI=1S/C7H13N3S/c1-5-6(4-10(2)3)9-7(11)8-5/h4H2,1-3H3,(H2,8,9,11). The lowest BCUT2D eigenvalue weighted by Gasteiger charge is -2.07. The number of aromatic nitrogens is 2. The normalized spacial score (nSPS) is 10.9. The number of rotatable bonds is 2. The molecule has 1 heterocycles. The summed E-state index contributed by atoms with van der Waals surface area (Å²) >= 11 is 4.94. The van der Waals surface area contributed by atoms with Crippen molar-refractivity contribution in [2.75, 3.05) is 14.1 Å². The summed E-state index contributed by atoms with van der Waals surface area (Å²) in [7, 11) is 4.06. The van der Waals surface area contributed by atoms with E-state index in [1.807, 2.05) is 21.0 Å². The second-order valence-corrected chi connectivity index (χ2v) is 3.33. The summed E-state index contributed by atoms with van der Waals surface area (Å²) in [6, 6.07) is 0. The number of aryl methyl sites for hydroxylation is 1. The topological polar surface area (TPSA) is 34.8 Å². The minimum absolute atomic E-state index is 0.708. The Kier molecular flexibility index (Phi) is 2.46. The van der Waals surface area contributed by atoms with E-state index < -0.39 is 0 Å². The van der Waals surface area contributed by atoms with Crippen LogP contribution in [0.15, 0.2) is 0 Å². The van der Waals surface area contributed by atoms with Gasteiger partial charge in [-0.2, -0.15) is 0 Å². The number of nitrogens with one attached hydrogen (secondary N) is 2. The van der Waals surface area contributed by atoms with E-state index in [1.165, 1.54) is 5.69 Å². The smallest absolute Gasteiger partial charge is 0.174 e. The third-order valence-corrected chi connectivity index (χ3v) is 1.70. The Morgan fingerprint density at radius 3 is 2.36 bits per heavy atom. The summed E-state index contributed by atoms with van der Waals surface area (Å²) in [6.45, 7) is 2.92. The minimum Gasteiger partial charge on any atom is -0.335 e. The lowest BCUT2D eigenvalue weighted by atomic mass is 10.3. The van der Waals surface area contributed by atoms with Gasteiger partial charge in [-0.3, -0.25) is 0 Å². The summed E-state index contributed by atoms with van der Waals surface area (Å²) < 4.78 is 0.708. The van der Waals surface area contributed by atoms with Crippen LogP contribution in [0.4, 0.5) is 0 Å². The van der Waals surface area contributed by atoms with E-state index in [2.05, 4.69) is 14.9 Å². The molecule has 1 aromatic rings. The number of hydrogen-bond donors (Lipinski definition) is 2. The van der Waals surface area contributed by atoms with Crippen LogP contribution in [0.5, 0.6) is 0 Å². The molecule has 0 aliphatic heterocycles. The fraction of sp³-hybridized carbons (Fsp3) is 0.571. The van der Waals surface area contributed by atoms with Crippen LogP contribution < -0.4 is 0 Å². The first-order valence-electron chi connectivity index (χ1n) is 3.52. The van der Waals surface area contributed by atoms with Crippen LogP contribution in [0.3, 0.4) is 0 Å². The largest absolute Gasteiger partial charge is 0.335 e. The van der Waals surface area contributed by atoms with E-state index in [-0.39, 0.29) is 0 Å². The van der Waals surface area contributed by atoms with Crippen molar-refractivity contribution in [3.63, 3.8) is 0 Å². The molecule has 2 N–H and O–H groups in total. The summed E-state index contributed by atoms with van der Waals surface area (Å²) in [5.74, 6) is 0. The van der Waals surface area contributed by atoms with Crippen molar-refractivity contribution in [1.29, 1.82) is 0 Å². The fourth-order valence-electron chi connectivity index (χ4n) is 0.982. The molecule has 0 fully saturated rings. The second-order valence-electron chi connectivity index (χ2n) is 2.92. The summed E-state index contributed by atoms with van der Waals surface area (Å²) in [4.78, 5) is 8.24. The molecule has 0 saturated heterocycles. The first-order chi connectivity index (χ1) is 5.09. The lowest BCUT2D eigenvalue weighted by Crippen LogP contribution is -2.11. The number of aromatic amines is 2. The van der Waals surface area contributed by atoms with Crippen molar-refractivity contribution in [1.82, 2.24) is 14.9 Å². The van der Waals surface area contributed by atoms with Gasteiger partial charge in [0.2, 0.25) is 0 Å². The summed E-state index contributed by atoms with van der Waals surface area (Å²) in [5.41, 5.74) is 2.30. The molecule has 0 aliphatic rings. The molecular formula is C7H13N3S. The molecule has 11 heavy (non-hydrogen) atoms. The molecule has 0 aliphatic carbocycles. The molecular weight excluding hydrogens is 158 g/mol. The maximum absolute atomic E-state index is 4.94. The molecule has 0 bridgehead atoms. The maximum atomic E-state index is 4.94. The molecule has 0 unspecified atom stereocenters. The maximum Gasteiger partial charge on any atom is 0.174 e. The number of H-pyrrole nitrogens is 2. The van der Waals surface area contributed by atoms with Crippen LogP contribution in [0, 0.1) is 11.7 Å². The number of imidazole rings is 1. The van der Waals surface area contributed by atoms with Gasteiger partial charge in [0.15, 0.2) is 4.77 Å². The third kappa shape index (κ3) is 2.17. The van der Waals surface area contributed by atoms with Gasteiger partial charge in [0, 0.05) is 12.2 Å². The molecule has 1 rings (SSSR count). The average Bonchev–Trinajstić information content (AvgIpc) is 2.09. The van der Waals surface area contributed by atoms with E-state index >= 15 is 0 Å². The van der Waals surface area contributed by atoms with Crippen LogP contribution >= 0.6 is 12.2 Å². The molecule has 4 heteroatoms. The first kappa shape index (κ1) is 8.49. The predicted octanol–water partition coefficient (Wildman–Crippen LogP) is 1.44. The fourth-order valence-corrected chi connectivity index (χ4v) is 1.26. The molecule has 0 aromatic carbocycles. The monoisotopic (exact) mass is 171 g/mol. The molecule has 3 nitrogen and oxygen atoms in total. The highest BCUT2D eigenvalue weighted by Crippen LogP contribution is 2.03. The number of nitrogens with zero attached hydrogens (tertiary/aromatic N) is 1. The highest BCUT2D eigenvalue weighted by atomic mass is 32.1. The minimum atomic E-state index is 0.708.